The fourth-order valence-electron chi connectivity index (χ4n) is 1.37. The first-order chi connectivity index (χ1) is 8.27. The number of carbonyl (C=O) groups excluding carboxylic acids is 1. The maximum Gasteiger partial charge on any atom is 0.254 e. The number of rotatable bonds is 3. The van der Waals surface area contributed by atoms with Gasteiger partial charge in [-0.2, -0.15) is 5.10 Å². The van der Waals surface area contributed by atoms with Crippen molar-refractivity contribution in [3.8, 4) is 0 Å². The van der Waals surface area contributed by atoms with Crippen molar-refractivity contribution < 1.29 is 4.79 Å². The van der Waals surface area contributed by atoms with E-state index in [0.717, 1.165) is 5.56 Å². The minimum atomic E-state index is -0.633. The molecule has 0 aliphatic carbocycles. The predicted octanol–water partition coefficient (Wildman–Crippen LogP) is -0.384. The number of nitrogens with one attached hydrogen (secondary N) is 3. The smallest absolute Gasteiger partial charge is 0.254 e. The van der Waals surface area contributed by atoms with Gasteiger partial charge in [0.25, 0.3) is 5.91 Å². The summed E-state index contributed by atoms with van der Waals surface area (Å²) in [5.41, 5.74) is 8.95. The zero-order valence-corrected chi connectivity index (χ0v) is 9.69. The molecule has 3 N–H and O–H groups in total. The number of alkyl halides is 1. The van der Waals surface area contributed by atoms with Crippen LogP contribution >= 0.6 is 11.6 Å². The normalized spacial score (nSPS) is 24.6. The Labute approximate surface area is 103 Å². The third kappa shape index (κ3) is 3.15. The van der Waals surface area contributed by atoms with Crippen LogP contribution in [0.5, 0.6) is 0 Å². The van der Waals surface area contributed by atoms with Crippen LogP contribution in [0, 0.1) is 0 Å². The van der Waals surface area contributed by atoms with Gasteiger partial charge in [-0.3, -0.25) is 15.2 Å². The van der Waals surface area contributed by atoms with Crippen LogP contribution in [0.4, 0.5) is 0 Å². The lowest BCUT2D eigenvalue weighted by molar-refractivity contribution is -0.123. The molecule has 1 aromatic heterocycles. The molecule has 1 aliphatic rings. The summed E-state index contributed by atoms with van der Waals surface area (Å²) in [5.74, 6) is -0.255. The minimum absolute atomic E-state index is 0.233. The predicted molar refractivity (Wildman–Crippen MR) is 64.5 cm³/mol. The second-order valence-electron chi connectivity index (χ2n) is 3.55. The molecule has 0 radical (unpaired) electrons. The first-order valence-corrected chi connectivity index (χ1v) is 5.56. The zero-order valence-electron chi connectivity index (χ0n) is 8.93. The number of hydrazone groups is 1. The Balaban J connectivity index is 1.89. The number of hydrazine groups is 1. The lowest BCUT2D eigenvalue weighted by atomic mass is 10.2. The molecule has 2 rings (SSSR count). The van der Waals surface area contributed by atoms with Gasteiger partial charge in [-0.05, 0) is 17.7 Å². The lowest BCUT2D eigenvalue weighted by Gasteiger charge is -2.26. The molecule has 1 aromatic rings. The van der Waals surface area contributed by atoms with Crippen molar-refractivity contribution in [3.05, 3.63) is 30.1 Å². The maximum absolute atomic E-state index is 11.2. The quantitative estimate of drug-likeness (QED) is 0.390. The van der Waals surface area contributed by atoms with Gasteiger partial charge in [0.15, 0.2) is 0 Å². The third-order valence-electron chi connectivity index (χ3n) is 2.30. The number of hydrogen-bond donors (Lipinski definition) is 3. The molecule has 1 fully saturated rings. The van der Waals surface area contributed by atoms with E-state index in [1.807, 2.05) is 12.1 Å². The molecule has 7 heteroatoms. The van der Waals surface area contributed by atoms with Gasteiger partial charge in [-0.15, -0.1) is 11.6 Å². The van der Waals surface area contributed by atoms with Gasteiger partial charge < -0.3 is 5.43 Å². The SMILES string of the molecule is O=C1NNCC(N/N=C\c2ccncc2)C1Cl. The van der Waals surface area contributed by atoms with Crippen LogP contribution in [-0.4, -0.2) is 35.1 Å². The molecular formula is C10H12ClN5O. The van der Waals surface area contributed by atoms with E-state index in [9.17, 15) is 4.79 Å². The van der Waals surface area contributed by atoms with E-state index in [1.165, 1.54) is 0 Å². The molecule has 1 amide bonds. The number of aromatic nitrogens is 1. The van der Waals surface area contributed by atoms with Crippen LogP contribution in [0.3, 0.4) is 0 Å². The van der Waals surface area contributed by atoms with Crippen LogP contribution in [0.25, 0.3) is 0 Å². The van der Waals surface area contributed by atoms with Crippen LogP contribution in [0.1, 0.15) is 5.56 Å². The van der Waals surface area contributed by atoms with Crippen molar-refractivity contribution in [2.24, 2.45) is 5.10 Å². The number of amides is 1. The van der Waals surface area contributed by atoms with Crippen molar-refractivity contribution in [2.45, 2.75) is 11.4 Å². The minimum Gasteiger partial charge on any atom is -0.304 e. The van der Waals surface area contributed by atoms with E-state index in [2.05, 4.69) is 26.4 Å². The van der Waals surface area contributed by atoms with Crippen LogP contribution in [-0.2, 0) is 4.79 Å². The average Bonchev–Trinajstić information content (AvgIpc) is 2.36. The number of carbonyl (C=O) groups is 1. The van der Waals surface area contributed by atoms with Gasteiger partial charge >= 0.3 is 0 Å². The van der Waals surface area contributed by atoms with Crippen LogP contribution < -0.4 is 16.3 Å². The Bertz CT molecular complexity index is 410. The summed E-state index contributed by atoms with van der Waals surface area (Å²) in [4.78, 5) is 15.1. The van der Waals surface area contributed by atoms with Crippen molar-refractivity contribution >= 4 is 23.7 Å². The largest absolute Gasteiger partial charge is 0.304 e. The standard InChI is InChI=1S/C10H12ClN5O/c11-9-8(6-14-16-10(9)17)15-13-5-7-1-3-12-4-2-7/h1-5,8-9,14-15H,6H2,(H,16,17)/b13-5-. The Hall–Kier alpha value is -1.66. The average molecular weight is 254 g/mol. The molecule has 1 saturated heterocycles. The van der Waals surface area contributed by atoms with Crippen molar-refractivity contribution in [1.29, 1.82) is 0 Å². The highest BCUT2D eigenvalue weighted by molar-refractivity contribution is 6.31. The Morgan fingerprint density at radius 1 is 1.53 bits per heavy atom. The maximum atomic E-state index is 11.2. The fraction of sp³-hybridized carbons (Fsp3) is 0.300. The van der Waals surface area contributed by atoms with Crippen molar-refractivity contribution in [3.63, 3.8) is 0 Å². The molecule has 0 saturated carbocycles. The van der Waals surface area contributed by atoms with E-state index < -0.39 is 5.38 Å². The first-order valence-electron chi connectivity index (χ1n) is 5.13. The summed E-state index contributed by atoms with van der Waals surface area (Å²) >= 11 is 5.92. The molecule has 17 heavy (non-hydrogen) atoms. The number of halogens is 1. The summed E-state index contributed by atoms with van der Waals surface area (Å²) in [6.45, 7) is 0.521. The first kappa shape index (κ1) is 11.8. The molecule has 0 bridgehead atoms. The summed E-state index contributed by atoms with van der Waals surface area (Å²) in [5, 5.41) is 3.41. The molecule has 0 aromatic carbocycles. The van der Waals surface area contributed by atoms with Gasteiger partial charge in [-0.25, -0.2) is 5.43 Å². The molecule has 1 aliphatic heterocycles. The van der Waals surface area contributed by atoms with Gasteiger partial charge in [0.1, 0.15) is 5.38 Å². The molecule has 6 nitrogen and oxygen atoms in total. The van der Waals surface area contributed by atoms with Gasteiger partial charge in [0.2, 0.25) is 0 Å². The van der Waals surface area contributed by atoms with E-state index in [4.69, 9.17) is 11.6 Å². The van der Waals surface area contributed by atoms with Crippen molar-refractivity contribution in [1.82, 2.24) is 21.3 Å². The van der Waals surface area contributed by atoms with E-state index >= 15 is 0 Å². The van der Waals surface area contributed by atoms with E-state index in [1.54, 1.807) is 18.6 Å². The van der Waals surface area contributed by atoms with Crippen LogP contribution in [0.15, 0.2) is 29.6 Å². The summed E-state index contributed by atoms with van der Waals surface area (Å²) in [6.07, 6.45) is 5.01. The lowest BCUT2D eigenvalue weighted by Crippen LogP contribution is -2.59. The van der Waals surface area contributed by atoms with E-state index in [0.29, 0.717) is 6.54 Å². The molecule has 0 spiro atoms. The Kier molecular flexibility index (Phi) is 3.89. The van der Waals surface area contributed by atoms with E-state index in [-0.39, 0.29) is 11.9 Å². The molecule has 2 atom stereocenters. The molecule has 2 unspecified atom stereocenters. The number of pyridine rings is 1. The highest BCUT2D eigenvalue weighted by atomic mass is 35.5. The monoisotopic (exact) mass is 253 g/mol. The topological polar surface area (TPSA) is 78.4 Å². The zero-order chi connectivity index (χ0) is 12.1. The van der Waals surface area contributed by atoms with Crippen LogP contribution in [0.2, 0.25) is 0 Å². The molecular weight excluding hydrogens is 242 g/mol. The van der Waals surface area contributed by atoms with Gasteiger partial charge in [-0.1, -0.05) is 0 Å². The fourth-order valence-corrected chi connectivity index (χ4v) is 1.57. The highest BCUT2D eigenvalue weighted by Gasteiger charge is 2.29. The van der Waals surface area contributed by atoms with Crippen molar-refractivity contribution in [2.75, 3.05) is 6.54 Å². The summed E-state index contributed by atoms with van der Waals surface area (Å²) < 4.78 is 0. The molecule has 2 heterocycles. The Morgan fingerprint density at radius 3 is 3.06 bits per heavy atom. The second-order valence-corrected chi connectivity index (χ2v) is 4.02. The molecule has 90 valence electrons. The summed E-state index contributed by atoms with van der Waals surface area (Å²) in [6, 6.07) is 3.42. The van der Waals surface area contributed by atoms with Gasteiger partial charge in [0, 0.05) is 18.9 Å². The van der Waals surface area contributed by atoms with Gasteiger partial charge in [0.05, 0.1) is 12.3 Å². The number of nitrogens with zero attached hydrogens (tertiary/aromatic N) is 2. The second kappa shape index (κ2) is 5.60. The highest BCUT2D eigenvalue weighted by Crippen LogP contribution is 2.05. The Morgan fingerprint density at radius 2 is 2.29 bits per heavy atom. The number of hydrogen-bond acceptors (Lipinski definition) is 5. The third-order valence-corrected chi connectivity index (χ3v) is 2.80. The summed E-state index contributed by atoms with van der Waals surface area (Å²) in [7, 11) is 0.